The Labute approximate surface area is 155 Å². The average molecular weight is 364 g/mol. The molecule has 0 bridgehead atoms. The van der Waals surface area contributed by atoms with Gasteiger partial charge >= 0.3 is 5.97 Å². The van der Waals surface area contributed by atoms with Crippen LogP contribution >= 0.6 is 0 Å². The lowest BCUT2D eigenvalue weighted by atomic mass is 9.42. The lowest BCUT2D eigenvalue weighted by Gasteiger charge is -2.61. The summed E-state index contributed by atoms with van der Waals surface area (Å²) in [6.45, 7) is 6.18. The molecule has 2 rings (SSSR count). The Morgan fingerprint density at radius 1 is 1.31 bits per heavy atom. The number of hydrogen-bond donors (Lipinski definition) is 3. The molecule has 0 heterocycles. The zero-order valence-electron chi connectivity index (χ0n) is 16.1. The van der Waals surface area contributed by atoms with Crippen molar-refractivity contribution >= 4 is 12.3 Å². The van der Waals surface area contributed by atoms with E-state index >= 15 is 0 Å². The van der Waals surface area contributed by atoms with Gasteiger partial charge in [-0.15, -0.1) is 0 Å². The fraction of sp³-hybridized carbons (Fsp3) is 0.714. The van der Waals surface area contributed by atoms with Crippen LogP contribution in [0.2, 0.25) is 0 Å². The molecule has 2 aliphatic rings. The molecule has 1 saturated carbocycles. The van der Waals surface area contributed by atoms with E-state index in [2.05, 4.69) is 13.8 Å². The number of aldehydes is 1. The van der Waals surface area contributed by atoms with E-state index in [1.54, 1.807) is 12.2 Å². The van der Waals surface area contributed by atoms with Gasteiger partial charge in [0.25, 0.3) is 0 Å². The Kier molecular flexibility index (Phi) is 6.13. The van der Waals surface area contributed by atoms with Crippen LogP contribution in [0.4, 0.5) is 0 Å². The molecule has 0 amide bonds. The topological polar surface area (TPSA) is 94.8 Å². The molecule has 0 saturated heterocycles. The fourth-order valence-corrected chi connectivity index (χ4v) is 5.46. The first-order valence-corrected chi connectivity index (χ1v) is 9.49. The van der Waals surface area contributed by atoms with Crippen molar-refractivity contribution in [3.63, 3.8) is 0 Å². The van der Waals surface area contributed by atoms with Gasteiger partial charge in [-0.2, -0.15) is 0 Å². The number of aliphatic hydroxyl groups is 2. The van der Waals surface area contributed by atoms with E-state index in [1.807, 2.05) is 13.0 Å². The molecule has 0 aromatic heterocycles. The molecule has 0 radical (unpaired) electrons. The predicted molar refractivity (Wildman–Crippen MR) is 99.5 cm³/mol. The predicted octanol–water partition coefficient (Wildman–Crippen LogP) is 2.97. The van der Waals surface area contributed by atoms with Gasteiger partial charge in [-0.1, -0.05) is 39.0 Å². The van der Waals surface area contributed by atoms with Crippen LogP contribution < -0.4 is 0 Å². The number of aliphatic carboxylic acids is 1. The summed E-state index contributed by atoms with van der Waals surface area (Å²) in [7, 11) is 0. The van der Waals surface area contributed by atoms with Gasteiger partial charge in [0.2, 0.25) is 0 Å². The molecule has 146 valence electrons. The third kappa shape index (κ3) is 3.05. The first-order valence-electron chi connectivity index (χ1n) is 9.49. The number of allylic oxidation sites excluding steroid dienone is 1. The smallest absolute Gasteiger partial charge is 0.321 e. The molecule has 3 N–H and O–H groups in total. The van der Waals surface area contributed by atoms with Crippen LogP contribution in [0.1, 0.15) is 52.9 Å². The Morgan fingerprint density at radius 3 is 2.54 bits per heavy atom. The largest absolute Gasteiger partial charge is 0.480 e. The molecular formula is C21H32O5. The summed E-state index contributed by atoms with van der Waals surface area (Å²) in [5.41, 5.74) is -1.45. The molecule has 26 heavy (non-hydrogen) atoms. The standard InChI is InChI=1S/C21H32O5/c1-15-6-11-20(3)17(5-4-9-21(20,14-24)18(25)26)19(15,2)10-7-16(13-23)8-12-22/h4,8-9,14-15,17,22-23H,5-7,10-13H2,1-3H3,(H,25,26)/b16-8-/t15-,17-,19+,20+,21?/m0/s1. The van der Waals surface area contributed by atoms with Gasteiger partial charge in [0.05, 0.1) is 13.2 Å². The summed E-state index contributed by atoms with van der Waals surface area (Å²) in [4.78, 5) is 24.1. The van der Waals surface area contributed by atoms with Gasteiger partial charge in [0, 0.05) is 0 Å². The summed E-state index contributed by atoms with van der Waals surface area (Å²) >= 11 is 0. The first kappa shape index (κ1) is 20.8. The highest BCUT2D eigenvalue weighted by atomic mass is 16.4. The number of fused-ring (bicyclic) bond motifs is 1. The summed E-state index contributed by atoms with van der Waals surface area (Å²) in [5.74, 6) is -0.609. The minimum Gasteiger partial charge on any atom is -0.480 e. The van der Waals surface area contributed by atoms with Crippen LogP contribution in [0.15, 0.2) is 23.8 Å². The number of aliphatic hydroxyl groups excluding tert-OH is 2. The fourth-order valence-electron chi connectivity index (χ4n) is 5.46. The van der Waals surface area contributed by atoms with E-state index in [-0.39, 0.29) is 24.5 Å². The third-order valence-electron chi connectivity index (χ3n) is 7.59. The molecule has 0 spiro atoms. The second kappa shape index (κ2) is 7.65. The normalized spacial score (nSPS) is 40.1. The molecule has 0 aliphatic heterocycles. The molecule has 5 nitrogen and oxygen atoms in total. The van der Waals surface area contributed by atoms with Crippen molar-refractivity contribution in [2.75, 3.05) is 13.2 Å². The zero-order valence-corrected chi connectivity index (χ0v) is 16.1. The summed E-state index contributed by atoms with van der Waals surface area (Å²) < 4.78 is 0. The second-order valence-corrected chi connectivity index (χ2v) is 8.55. The van der Waals surface area contributed by atoms with Gasteiger partial charge in [0.1, 0.15) is 11.7 Å². The van der Waals surface area contributed by atoms with Crippen molar-refractivity contribution in [3.05, 3.63) is 23.8 Å². The molecule has 5 heteroatoms. The van der Waals surface area contributed by atoms with Crippen LogP contribution in [0.5, 0.6) is 0 Å². The zero-order chi connectivity index (χ0) is 19.6. The van der Waals surface area contributed by atoms with Gasteiger partial charge in [-0.05, 0) is 60.3 Å². The lowest BCUT2D eigenvalue weighted by molar-refractivity contribution is -0.171. The molecule has 5 atom stereocenters. The molecule has 2 aliphatic carbocycles. The Balaban J connectivity index is 2.42. The number of carboxylic acid groups (broad SMARTS) is 1. The maximum absolute atomic E-state index is 12.1. The van der Waals surface area contributed by atoms with E-state index in [1.165, 1.54) is 0 Å². The van der Waals surface area contributed by atoms with E-state index in [4.69, 9.17) is 5.11 Å². The maximum Gasteiger partial charge on any atom is 0.321 e. The molecule has 0 aromatic rings. The highest BCUT2D eigenvalue weighted by molar-refractivity contribution is 5.96. The Hall–Kier alpha value is -1.46. The number of carboxylic acids is 1. The quantitative estimate of drug-likeness (QED) is 0.367. The van der Waals surface area contributed by atoms with E-state index in [9.17, 15) is 19.8 Å². The van der Waals surface area contributed by atoms with Crippen LogP contribution in [0.25, 0.3) is 0 Å². The van der Waals surface area contributed by atoms with Crippen molar-refractivity contribution in [1.82, 2.24) is 0 Å². The molecule has 0 aromatic carbocycles. The van der Waals surface area contributed by atoms with Crippen LogP contribution in [-0.2, 0) is 9.59 Å². The Morgan fingerprint density at radius 2 is 2.00 bits per heavy atom. The van der Waals surface area contributed by atoms with E-state index in [0.29, 0.717) is 25.0 Å². The van der Waals surface area contributed by atoms with Gasteiger partial charge in [-0.3, -0.25) is 4.79 Å². The molecule has 1 unspecified atom stereocenters. The highest BCUT2D eigenvalue weighted by Crippen LogP contribution is 2.65. The van der Waals surface area contributed by atoms with Crippen molar-refractivity contribution in [3.8, 4) is 0 Å². The number of hydrogen-bond acceptors (Lipinski definition) is 4. The van der Waals surface area contributed by atoms with Gasteiger partial charge in [-0.25, -0.2) is 0 Å². The van der Waals surface area contributed by atoms with Gasteiger partial charge in [0.15, 0.2) is 0 Å². The van der Waals surface area contributed by atoms with Crippen molar-refractivity contribution in [1.29, 1.82) is 0 Å². The van der Waals surface area contributed by atoms with Crippen LogP contribution in [0.3, 0.4) is 0 Å². The van der Waals surface area contributed by atoms with Crippen LogP contribution in [-0.4, -0.2) is 40.8 Å². The number of carbonyl (C=O) groups excluding carboxylic acids is 1. The number of carbonyl (C=O) groups is 2. The second-order valence-electron chi connectivity index (χ2n) is 8.55. The van der Waals surface area contributed by atoms with Crippen molar-refractivity contribution in [2.24, 2.45) is 28.1 Å². The average Bonchev–Trinajstić information content (AvgIpc) is 2.61. The van der Waals surface area contributed by atoms with Gasteiger partial charge < -0.3 is 20.1 Å². The number of rotatable bonds is 7. The molecular weight excluding hydrogens is 332 g/mol. The summed E-state index contributed by atoms with van der Waals surface area (Å²) in [6.07, 6.45) is 9.53. The summed E-state index contributed by atoms with van der Waals surface area (Å²) in [5, 5.41) is 28.5. The molecule has 1 fully saturated rings. The highest BCUT2D eigenvalue weighted by Gasteiger charge is 2.63. The first-order chi connectivity index (χ1) is 12.2. The van der Waals surface area contributed by atoms with E-state index in [0.717, 1.165) is 24.8 Å². The van der Waals surface area contributed by atoms with Crippen LogP contribution in [0, 0.1) is 28.1 Å². The minimum atomic E-state index is -1.47. The lowest BCUT2D eigenvalue weighted by Crippen LogP contribution is -2.59. The maximum atomic E-state index is 12.1. The third-order valence-corrected chi connectivity index (χ3v) is 7.59. The minimum absolute atomic E-state index is 0.0686. The monoisotopic (exact) mass is 364 g/mol. The SMILES string of the molecule is C[C@H]1CC[C@]2(C)[C@@H](CC=CC2(C=O)C(=O)O)[C@]1(C)CC/C(=C/CO)CO. The van der Waals surface area contributed by atoms with Crippen molar-refractivity contribution < 1.29 is 24.9 Å². The Bertz CT molecular complexity index is 610. The van der Waals surface area contributed by atoms with E-state index < -0.39 is 16.8 Å². The van der Waals surface area contributed by atoms with Crippen molar-refractivity contribution in [2.45, 2.75) is 52.9 Å². The summed E-state index contributed by atoms with van der Waals surface area (Å²) in [6, 6.07) is 0.